The predicted molar refractivity (Wildman–Crippen MR) is 43.6 cm³/mol. The molecule has 1 rings (SSSR count). The number of allylic oxidation sites excluding steroid dienone is 1. The number of carbonyl (C=O) groups is 1. The van der Waals surface area contributed by atoms with Crippen molar-refractivity contribution in [3.8, 4) is 0 Å². The van der Waals surface area contributed by atoms with E-state index in [2.05, 4.69) is 4.74 Å². The highest BCUT2D eigenvalue weighted by atomic mass is 35.5. The summed E-state index contributed by atoms with van der Waals surface area (Å²) in [6.07, 6.45) is 2.81. The smallest absolute Gasteiger partial charge is 0.333 e. The SMILES string of the molecule is COC(=O)C1=C(CCl)CCC1. The molecule has 0 saturated heterocycles. The first-order valence-corrected chi connectivity index (χ1v) is 4.18. The molecule has 0 heterocycles. The van der Waals surface area contributed by atoms with E-state index in [1.807, 2.05) is 0 Å². The average molecular weight is 175 g/mol. The molecule has 0 radical (unpaired) electrons. The zero-order valence-electron chi connectivity index (χ0n) is 6.52. The Bertz CT molecular complexity index is 196. The van der Waals surface area contributed by atoms with Crippen molar-refractivity contribution in [3.63, 3.8) is 0 Å². The largest absolute Gasteiger partial charge is 0.466 e. The fourth-order valence-electron chi connectivity index (χ4n) is 1.32. The molecule has 0 N–H and O–H groups in total. The van der Waals surface area contributed by atoms with Crippen LogP contribution < -0.4 is 0 Å². The van der Waals surface area contributed by atoms with Crippen LogP contribution in [-0.2, 0) is 9.53 Å². The molecule has 0 aromatic rings. The molecule has 0 saturated carbocycles. The Hall–Kier alpha value is -0.500. The van der Waals surface area contributed by atoms with E-state index in [1.54, 1.807) is 0 Å². The lowest BCUT2D eigenvalue weighted by Crippen LogP contribution is -2.04. The van der Waals surface area contributed by atoms with E-state index in [1.165, 1.54) is 7.11 Å². The van der Waals surface area contributed by atoms with Crippen LogP contribution in [0.15, 0.2) is 11.1 Å². The van der Waals surface area contributed by atoms with E-state index in [9.17, 15) is 4.79 Å². The molecule has 1 aliphatic carbocycles. The molecule has 0 aliphatic heterocycles. The molecule has 0 spiro atoms. The van der Waals surface area contributed by atoms with Gasteiger partial charge < -0.3 is 4.74 Å². The standard InChI is InChI=1S/C8H11ClO2/c1-11-8(10)7-4-2-3-6(7)5-9/h2-5H2,1H3. The number of esters is 1. The minimum Gasteiger partial charge on any atom is -0.466 e. The first kappa shape index (κ1) is 8.60. The van der Waals surface area contributed by atoms with Crippen molar-refractivity contribution in [3.05, 3.63) is 11.1 Å². The summed E-state index contributed by atoms with van der Waals surface area (Å²) in [6.45, 7) is 0. The fraction of sp³-hybridized carbons (Fsp3) is 0.625. The van der Waals surface area contributed by atoms with E-state index in [0.29, 0.717) is 5.88 Å². The molecule has 0 bridgehead atoms. The van der Waals surface area contributed by atoms with Gasteiger partial charge in [-0.1, -0.05) is 0 Å². The maximum atomic E-state index is 11.0. The van der Waals surface area contributed by atoms with Crippen LogP contribution >= 0.6 is 11.6 Å². The minimum atomic E-state index is -0.210. The quantitative estimate of drug-likeness (QED) is 0.472. The molecular weight excluding hydrogens is 164 g/mol. The van der Waals surface area contributed by atoms with Gasteiger partial charge in [0.2, 0.25) is 0 Å². The molecule has 0 fully saturated rings. The van der Waals surface area contributed by atoms with Crippen LogP contribution in [0.3, 0.4) is 0 Å². The summed E-state index contributed by atoms with van der Waals surface area (Å²) in [7, 11) is 1.40. The minimum absolute atomic E-state index is 0.210. The number of carbonyl (C=O) groups excluding carboxylic acids is 1. The first-order chi connectivity index (χ1) is 5.29. The third-order valence-electron chi connectivity index (χ3n) is 1.93. The van der Waals surface area contributed by atoms with Crippen molar-refractivity contribution >= 4 is 17.6 Å². The second-order valence-electron chi connectivity index (χ2n) is 2.56. The van der Waals surface area contributed by atoms with Gasteiger partial charge >= 0.3 is 5.97 Å². The number of methoxy groups -OCH3 is 1. The molecule has 62 valence electrons. The molecule has 0 unspecified atom stereocenters. The van der Waals surface area contributed by atoms with Crippen molar-refractivity contribution in [2.45, 2.75) is 19.3 Å². The number of ether oxygens (including phenoxy) is 1. The van der Waals surface area contributed by atoms with Crippen LogP contribution in [0.2, 0.25) is 0 Å². The highest BCUT2D eigenvalue weighted by Gasteiger charge is 2.20. The summed E-state index contributed by atoms with van der Waals surface area (Å²) < 4.78 is 4.61. The summed E-state index contributed by atoms with van der Waals surface area (Å²) in [5.74, 6) is 0.253. The van der Waals surface area contributed by atoms with Crippen LogP contribution in [0.4, 0.5) is 0 Å². The van der Waals surface area contributed by atoms with Crippen molar-refractivity contribution in [2.75, 3.05) is 13.0 Å². The van der Waals surface area contributed by atoms with E-state index < -0.39 is 0 Å². The first-order valence-electron chi connectivity index (χ1n) is 3.64. The van der Waals surface area contributed by atoms with Gasteiger partial charge in [0.25, 0.3) is 0 Å². The van der Waals surface area contributed by atoms with Crippen molar-refractivity contribution in [1.82, 2.24) is 0 Å². The fourth-order valence-corrected chi connectivity index (χ4v) is 1.62. The third-order valence-corrected chi connectivity index (χ3v) is 2.25. The maximum absolute atomic E-state index is 11.0. The molecule has 2 nitrogen and oxygen atoms in total. The summed E-state index contributed by atoms with van der Waals surface area (Å²) in [4.78, 5) is 11.0. The Kier molecular flexibility index (Phi) is 2.94. The molecular formula is C8H11ClO2. The van der Waals surface area contributed by atoms with Gasteiger partial charge in [0, 0.05) is 11.5 Å². The van der Waals surface area contributed by atoms with Gasteiger partial charge in [0.1, 0.15) is 0 Å². The Morgan fingerprint density at radius 1 is 1.64 bits per heavy atom. The number of alkyl halides is 1. The zero-order valence-corrected chi connectivity index (χ0v) is 7.28. The Morgan fingerprint density at radius 2 is 2.36 bits per heavy atom. The van der Waals surface area contributed by atoms with Gasteiger partial charge in [0.15, 0.2) is 0 Å². The zero-order chi connectivity index (χ0) is 8.27. The molecule has 3 heteroatoms. The van der Waals surface area contributed by atoms with E-state index in [4.69, 9.17) is 11.6 Å². The van der Waals surface area contributed by atoms with Gasteiger partial charge in [-0.2, -0.15) is 0 Å². The molecule has 0 amide bonds. The summed E-state index contributed by atoms with van der Waals surface area (Å²) in [5.41, 5.74) is 1.85. The molecule has 0 aromatic heterocycles. The number of hydrogen-bond acceptors (Lipinski definition) is 2. The van der Waals surface area contributed by atoms with Crippen LogP contribution in [0.1, 0.15) is 19.3 Å². The van der Waals surface area contributed by atoms with Crippen LogP contribution in [-0.4, -0.2) is 19.0 Å². The van der Waals surface area contributed by atoms with E-state index >= 15 is 0 Å². The van der Waals surface area contributed by atoms with Crippen molar-refractivity contribution in [2.24, 2.45) is 0 Å². The average Bonchev–Trinajstić information content (AvgIpc) is 2.50. The highest BCUT2D eigenvalue weighted by Crippen LogP contribution is 2.27. The summed E-state index contributed by atoms with van der Waals surface area (Å²) >= 11 is 5.64. The topological polar surface area (TPSA) is 26.3 Å². The van der Waals surface area contributed by atoms with Crippen LogP contribution in [0, 0.1) is 0 Å². The highest BCUT2D eigenvalue weighted by molar-refractivity contribution is 6.20. The predicted octanol–water partition coefficient (Wildman–Crippen LogP) is 1.88. The molecule has 11 heavy (non-hydrogen) atoms. The molecule has 0 aromatic carbocycles. The van der Waals surface area contributed by atoms with E-state index in [-0.39, 0.29) is 5.97 Å². The van der Waals surface area contributed by atoms with Crippen LogP contribution in [0.5, 0.6) is 0 Å². The molecule has 1 aliphatic rings. The maximum Gasteiger partial charge on any atom is 0.333 e. The second kappa shape index (κ2) is 3.77. The lowest BCUT2D eigenvalue weighted by atomic mass is 10.2. The summed E-state index contributed by atoms with van der Waals surface area (Å²) in [5, 5.41) is 0. The lowest BCUT2D eigenvalue weighted by Gasteiger charge is -2.00. The lowest BCUT2D eigenvalue weighted by molar-refractivity contribution is -0.136. The van der Waals surface area contributed by atoms with Crippen molar-refractivity contribution < 1.29 is 9.53 Å². The molecule has 0 atom stereocenters. The van der Waals surface area contributed by atoms with Gasteiger partial charge in [-0.05, 0) is 24.8 Å². The van der Waals surface area contributed by atoms with Crippen LogP contribution in [0.25, 0.3) is 0 Å². The van der Waals surface area contributed by atoms with E-state index in [0.717, 1.165) is 30.4 Å². The van der Waals surface area contributed by atoms with Gasteiger partial charge in [-0.3, -0.25) is 0 Å². The Morgan fingerprint density at radius 3 is 2.91 bits per heavy atom. The Balaban J connectivity index is 2.74. The van der Waals surface area contributed by atoms with Crippen molar-refractivity contribution in [1.29, 1.82) is 0 Å². The van der Waals surface area contributed by atoms with Gasteiger partial charge in [-0.15, -0.1) is 11.6 Å². The summed E-state index contributed by atoms with van der Waals surface area (Å²) in [6, 6.07) is 0. The Labute approximate surface area is 71.2 Å². The normalized spacial score (nSPS) is 17.3. The second-order valence-corrected chi connectivity index (χ2v) is 2.83. The van der Waals surface area contributed by atoms with Gasteiger partial charge in [0.05, 0.1) is 7.11 Å². The third kappa shape index (κ3) is 1.74. The number of rotatable bonds is 2. The number of hydrogen-bond donors (Lipinski definition) is 0. The van der Waals surface area contributed by atoms with Gasteiger partial charge in [-0.25, -0.2) is 4.79 Å². The monoisotopic (exact) mass is 174 g/mol. The number of halogens is 1.